The zero-order valence-electron chi connectivity index (χ0n) is 56.2. The van der Waals surface area contributed by atoms with Crippen LogP contribution in [0.3, 0.4) is 0 Å². The van der Waals surface area contributed by atoms with Crippen LogP contribution in [-0.2, 0) is 90.5 Å². The summed E-state index contributed by atoms with van der Waals surface area (Å²) in [5.41, 5.74) is 1.63. The van der Waals surface area contributed by atoms with E-state index in [1.165, 1.54) is 65.2 Å². The average Bonchev–Trinajstić information content (AvgIpc) is 1.57. The van der Waals surface area contributed by atoms with Gasteiger partial charge in [0.15, 0.2) is 6.61 Å². The van der Waals surface area contributed by atoms with Gasteiger partial charge in [-0.3, -0.25) is 4.79 Å². The summed E-state index contributed by atoms with van der Waals surface area (Å²) in [5.74, 6) is 3.02. The van der Waals surface area contributed by atoms with Gasteiger partial charge in [0, 0.05) is 57.4 Å². The molecule has 3 heterocycles. The largest absolute Gasteiger partial charge is 0.463 e. The first kappa shape index (κ1) is 74.3. The number of ether oxygens (including phenoxy) is 10. The molecule has 20 nitrogen and oxygen atoms in total. The molecule has 0 aromatic rings. The minimum Gasteiger partial charge on any atom is -0.463 e. The lowest BCUT2D eigenvalue weighted by atomic mass is 9.49. The zero-order valence-corrected chi connectivity index (χ0v) is 57.0. The predicted octanol–water partition coefficient (Wildman–Crippen LogP) is 11.2. The van der Waals surface area contributed by atoms with Crippen molar-refractivity contribution in [2.24, 2.45) is 59.2 Å². The summed E-state index contributed by atoms with van der Waals surface area (Å²) in [7, 11) is 0. The Kier molecular flexibility index (Phi) is 26.0. The summed E-state index contributed by atoms with van der Waals surface area (Å²) < 4.78 is 52.0. The Morgan fingerprint density at radius 3 is 1.60 bits per heavy atom. The van der Waals surface area contributed by atoms with E-state index in [0.29, 0.717) is 71.5 Å². The third-order valence-electron chi connectivity index (χ3n) is 20.7. The van der Waals surface area contributed by atoms with Crippen molar-refractivity contribution in [1.29, 1.82) is 0 Å². The van der Waals surface area contributed by atoms with E-state index in [1.54, 1.807) is 39.5 Å². The molecule has 11 saturated carbocycles. The van der Waals surface area contributed by atoms with Gasteiger partial charge in [0.1, 0.15) is 29.5 Å². The molecule has 14 fully saturated rings. The van der Waals surface area contributed by atoms with Crippen molar-refractivity contribution in [3.63, 3.8) is 0 Å². The number of cyclic esters (lactones) is 1. The molecule has 0 aromatic carbocycles. The Balaban J connectivity index is 0.000000160. The second kappa shape index (κ2) is 32.6. The number of carbonyl (C=O) groups excluding carboxylic acids is 9. The van der Waals surface area contributed by atoms with E-state index in [9.17, 15) is 48.3 Å². The van der Waals surface area contributed by atoms with E-state index in [0.717, 1.165) is 94.0 Å². The molecule has 0 spiro atoms. The first-order chi connectivity index (χ1) is 43.9. The molecule has 10 bridgehead atoms. The molecule has 0 amide bonds. The third kappa shape index (κ3) is 19.1. The van der Waals surface area contributed by atoms with Gasteiger partial charge in [-0.15, -0.1) is 0 Å². The summed E-state index contributed by atoms with van der Waals surface area (Å²) in [6.07, 6.45) is 19.2. The second-order valence-corrected chi connectivity index (χ2v) is 29.4. The van der Waals surface area contributed by atoms with E-state index >= 15 is 0 Å². The van der Waals surface area contributed by atoms with Crippen molar-refractivity contribution in [1.82, 2.24) is 0 Å². The van der Waals surface area contributed by atoms with Gasteiger partial charge in [-0.25, -0.2) is 38.4 Å². The quantitative estimate of drug-likeness (QED) is 0.0855. The van der Waals surface area contributed by atoms with Gasteiger partial charge in [-0.2, -0.15) is 11.8 Å². The molecule has 11 aliphatic carbocycles. The van der Waals surface area contributed by atoms with Crippen LogP contribution in [0, 0.1) is 59.2 Å². The molecule has 93 heavy (non-hydrogen) atoms. The number of hydrogen-bond acceptors (Lipinski definition) is 21. The number of carbonyl (C=O) groups is 9. The van der Waals surface area contributed by atoms with Crippen molar-refractivity contribution in [3.8, 4) is 0 Å². The minimum atomic E-state index is -0.728. The lowest BCUT2D eigenvalue weighted by Gasteiger charge is -2.60. The number of hydrogen-bond donors (Lipinski definition) is 1. The Morgan fingerprint density at radius 1 is 0.559 bits per heavy atom. The Morgan fingerprint density at radius 2 is 1.11 bits per heavy atom. The van der Waals surface area contributed by atoms with E-state index in [2.05, 4.69) is 58.1 Å². The number of rotatable bonds is 16. The molecule has 0 radical (unpaired) electrons. The topological polar surface area (TPSA) is 266 Å². The average molecular weight is 1320 g/mol. The van der Waals surface area contributed by atoms with Gasteiger partial charge in [0.2, 0.25) is 12.4 Å². The highest BCUT2D eigenvalue weighted by atomic mass is 32.2. The molecule has 9 atom stereocenters. The van der Waals surface area contributed by atoms with Gasteiger partial charge in [-0.1, -0.05) is 59.7 Å². The van der Waals surface area contributed by atoms with Crippen LogP contribution >= 0.6 is 11.8 Å². The van der Waals surface area contributed by atoms with Crippen LogP contribution in [0.5, 0.6) is 0 Å². The Labute approximate surface area is 553 Å². The third-order valence-corrected chi connectivity index (χ3v) is 21.7. The van der Waals surface area contributed by atoms with Gasteiger partial charge in [-0.05, 0) is 199 Å². The lowest BCUT2D eigenvalue weighted by molar-refractivity contribution is -0.207. The maximum Gasteiger partial charge on any atom is 0.347 e. The molecule has 14 rings (SSSR count). The SMILES string of the molecule is C=C(C)C(=O)OC1(CC)C2CC3CC(C2)CC1C3.C=C(C)C(=O)OC1(CC)CCCCC1.C=C(C)C(=O)OC1C2CC3CC1CC(O)(C3)C2.C=C(C)C(=O)OC1CCOC1=O.C=C(C)C(=O)OC1CSCCO1.C=C(C)C(=O)OCC(=O)OC1C2CC3C(=O)OC1C3C2. The highest BCUT2D eigenvalue weighted by Crippen LogP contribution is 2.61. The number of esters is 9. The number of aliphatic hydroxyl groups is 1. The van der Waals surface area contributed by atoms with E-state index in [-0.39, 0.29) is 88.4 Å². The summed E-state index contributed by atoms with van der Waals surface area (Å²) in [4.78, 5) is 102. The van der Waals surface area contributed by atoms with Gasteiger partial charge in [0.25, 0.3) is 0 Å². The molecule has 21 heteroatoms. The van der Waals surface area contributed by atoms with Crippen molar-refractivity contribution >= 4 is 65.5 Å². The normalized spacial score (nSPS) is 34.0. The van der Waals surface area contributed by atoms with Gasteiger partial charge < -0.3 is 52.5 Å². The molecular weight excluding hydrogens is 1220 g/mol. The van der Waals surface area contributed by atoms with Crippen LogP contribution in [0.4, 0.5) is 0 Å². The fourth-order valence-corrected chi connectivity index (χ4v) is 17.2. The molecule has 3 aliphatic heterocycles. The minimum absolute atomic E-state index is 0.0128. The molecular formula is C72H102O20S. The van der Waals surface area contributed by atoms with Gasteiger partial charge >= 0.3 is 53.7 Å². The smallest absolute Gasteiger partial charge is 0.347 e. The first-order valence-corrected chi connectivity index (χ1v) is 34.7. The zero-order chi connectivity index (χ0) is 68.3. The summed E-state index contributed by atoms with van der Waals surface area (Å²) >= 11 is 1.72. The first-order valence-electron chi connectivity index (χ1n) is 33.6. The standard InChI is InChI=1S/C16H24O2.C14H16O6.C14H20O3.C12H20O2.C8H10O4.C8H12O3S/c1-4-16(18-15(17)10(2)3)13-6-11-5-12(8-13)9-14(16)7-11;1-6(2)13(16)18-5-10(15)19-11-7-3-8-9(4-7)14(17)20-12(8)11;1-8(2)13(15)17-12-10-3-9-4-11(12)7-14(16,5-9)6-10;1-4-12(8-6-5-7-9-12)14-11(13)10(2)3;1-5(2)7(9)12-6-3-4-11-8(6)10;1-6(2)8(9)11-7-5-12-4-3-10-7/h11-14H,2,4-9H2,1,3H3;7-9,11-12H,1,3-5H2,2H3;9-12,16H,1,3-7H2,2H3;2,4-9H2,1,3H3;6H,1,3-4H2,2H3;7H,1,3-5H2,2H3. The highest BCUT2D eigenvalue weighted by Gasteiger charge is 2.64. The predicted molar refractivity (Wildman–Crippen MR) is 345 cm³/mol. The maximum absolute atomic E-state index is 12.0. The summed E-state index contributed by atoms with van der Waals surface area (Å²) in [6, 6.07) is 0. The summed E-state index contributed by atoms with van der Waals surface area (Å²) in [6.45, 7) is 35.9. The summed E-state index contributed by atoms with van der Waals surface area (Å²) in [5, 5.41) is 10.4. The second-order valence-electron chi connectivity index (χ2n) is 28.3. The maximum atomic E-state index is 12.0. The molecule has 1 N–H and O–H groups in total. The molecule has 14 aliphatic rings. The lowest BCUT2D eigenvalue weighted by Crippen LogP contribution is -2.59. The number of fused-ring (bicyclic) bond motifs is 1. The molecule has 516 valence electrons. The fraction of sp³-hybridized carbons (Fsp3) is 0.708. The van der Waals surface area contributed by atoms with Crippen molar-refractivity contribution in [2.45, 2.75) is 231 Å². The van der Waals surface area contributed by atoms with Gasteiger partial charge in [0.05, 0.1) is 30.5 Å². The van der Waals surface area contributed by atoms with E-state index in [1.807, 2.05) is 0 Å². The van der Waals surface area contributed by atoms with Crippen molar-refractivity contribution in [3.05, 3.63) is 72.9 Å². The van der Waals surface area contributed by atoms with Crippen molar-refractivity contribution in [2.75, 3.05) is 31.3 Å². The molecule has 0 aromatic heterocycles. The van der Waals surface area contributed by atoms with Crippen LogP contribution in [0.1, 0.15) is 184 Å². The van der Waals surface area contributed by atoms with Crippen LogP contribution in [0.2, 0.25) is 0 Å². The fourth-order valence-electron chi connectivity index (χ4n) is 16.5. The van der Waals surface area contributed by atoms with Crippen LogP contribution in [0.25, 0.3) is 0 Å². The van der Waals surface area contributed by atoms with Crippen molar-refractivity contribution < 1.29 is 95.6 Å². The Bertz CT molecular complexity index is 2810. The molecule has 3 saturated heterocycles. The Hall–Kier alpha value is -6.06. The van der Waals surface area contributed by atoms with Crippen LogP contribution < -0.4 is 0 Å². The van der Waals surface area contributed by atoms with Crippen LogP contribution in [-0.4, -0.2) is 138 Å². The van der Waals surface area contributed by atoms with Crippen LogP contribution in [0.15, 0.2) is 72.9 Å². The van der Waals surface area contributed by atoms with E-state index in [4.69, 9.17) is 42.6 Å². The monoisotopic (exact) mass is 1320 g/mol. The highest BCUT2D eigenvalue weighted by molar-refractivity contribution is 7.99. The van der Waals surface area contributed by atoms with E-state index < -0.39 is 48.3 Å². The molecule has 9 unspecified atom stereocenters. The number of thioether (sulfide) groups is 1.